The lowest BCUT2D eigenvalue weighted by Gasteiger charge is -2.17. The number of benzene rings is 2. The van der Waals surface area contributed by atoms with E-state index in [0.29, 0.717) is 17.8 Å². The number of rotatable bonds is 7. The van der Waals surface area contributed by atoms with Gasteiger partial charge in [0, 0.05) is 24.8 Å². The molecule has 0 aliphatic heterocycles. The first kappa shape index (κ1) is 19.0. The summed E-state index contributed by atoms with van der Waals surface area (Å²) in [6.07, 6.45) is 1.95. The molecule has 0 aliphatic carbocycles. The summed E-state index contributed by atoms with van der Waals surface area (Å²) < 4.78 is 27.5. The van der Waals surface area contributed by atoms with Crippen molar-refractivity contribution in [1.82, 2.24) is 4.90 Å². The summed E-state index contributed by atoms with van der Waals surface area (Å²) in [5.41, 5.74) is 1.96. The summed E-state index contributed by atoms with van der Waals surface area (Å²) in [6.45, 7) is 4.65. The van der Waals surface area contributed by atoms with E-state index in [1.54, 1.807) is 42.3 Å². The van der Waals surface area contributed by atoms with Crippen LogP contribution in [0.5, 0.6) is 0 Å². The lowest BCUT2D eigenvalue weighted by atomic mass is 10.2. The number of carbonyl (C=O) groups excluding carboxylic acids is 1. The maximum atomic E-state index is 12.5. The zero-order valence-corrected chi connectivity index (χ0v) is 15.6. The second-order valence-electron chi connectivity index (χ2n) is 6.08. The third-order valence-corrected chi connectivity index (χ3v) is 5.27. The van der Waals surface area contributed by atoms with Crippen molar-refractivity contribution < 1.29 is 13.2 Å². The van der Waals surface area contributed by atoms with Gasteiger partial charge in [0.25, 0.3) is 15.9 Å². The van der Waals surface area contributed by atoms with Crippen LogP contribution < -0.4 is 4.72 Å². The smallest absolute Gasteiger partial charge is 0.261 e. The van der Waals surface area contributed by atoms with Gasteiger partial charge in [-0.25, -0.2) is 8.42 Å². The number of nitrogens with one attached hydrogen (secondary N) is 1. The Balaban J connectivity index is 2.14. The van der Waals surface area contributed by atoms with E-state index in [-0.39, 0.29) is 10.8 Å². The molecular formula is C19H24N2O3S. The van der Waals surface area contributed by atoms with E-state index in [9.17, 15) is 13.2 Å². The standard InChI is InChI=1S/C19H24N2O3S/c1-4-5-13-21(3)19(22)16-9-11-18(12-10-16)25(23,24)20-17-8-6-7-15(2)14-17/h6-12,14,20H,4-5,13H2,1-3H3. The van der Waals surface area contributed by atoms with Gasteiger partial charge in [0.1, 0.15) is 0 Å². The Morgan fingerprint density at radius 3 is 2.40 bits per heavy atom. The van der Waals surface area contributed by atoms with E-state index >= 15 is 0 Å². The molecule has 0 radical (unpaired) electrons. The van der Waals surface area contributed by atoms with Gasteiger partial charge in [0.05, 0.1) is 4.90 Å². The number of carbonyl (C=O) groups is 1. The van der Waals surface area contributed by atoms with Gasteiger partial charge in [0.15, 0.2) is 0 Å². The molecule has 0 atom stereocenters. The Hall–Kier alpha value is -2.34. The Bertz CT molecular complexity index is 830. The quantitative estimate of drug-likeness (QED) is 0.819. The Morgan fingerprint density at radius 1 is 1.12 bits per heavy atom. The fourth-order valence-electron chi connectivity index (χ4n) is 2.42. The van der Waals surface area contributed by atoms with Crippen LogP contribution >= 0.6 is 0 Å². The van der Waals surface area contributed by atoms with E-state index in [1.807, 2.05) is 13.0 Å². The van der Waals surface area contributed by atoms with E-state index < -0.39 is 10.0 Å². The van der Waals surface area contributed by atoms with E-state index in [1.165, 1.54) is 12.1 Å². The Morgan fingerprint density at radius 2 is 1.80 bits per heavy atom. The minimum absolute atomic E-state index is 0.107. The predicted octanol–water partition coefficient (Wildman–Crippen LogP) is 3.67. The molecule has 134 valence electrons. The molecule has 1 N–H and O–H groups in total. The highest BCUT2D eigenvalue weighted by molar-refractivity contribution is 7.92. The molecule has 6 heteroatoms. The van der Waals surface area contributed by atoms with Crippen molar-refractivity contribution in [2.24, 2.45) is 0 Å². The van der Waals surface area contributed by atoms with Gasteiger partial charge in [-0.1, -0.05) is 25.5 Å². The molecule has 0 fully saturated rings. The topological polar surface area (TPSA) is 66.5 Å². The summed E-state index contributed by atoms with van der Waals surface area (Å²) in [7, 11) is -1.93. The Labute approximate surface area is 149 Å². The number of hydrogen-bond acceptors (Lipinski definition) is 3. The van der Waals surface area contributed by atoms with Crippen LogP contribution in [0.1, 0.15) is 35.7 Å². The predicted molar refractivity (Wildman–Crippen MR) is 100 cm³/mol. The molecule has 2 aromatic rings. The summed E-state index contributed by atoms with van der Waals surface area (Å²) in [6, 6.07) is 13.2. The maximum Gasteiger partial charge on any atom is 0.261 e. The number of nitrogens with zero attached hydrogens (tertiary/aromatic N) is 1. The van der Waals surface area contributed by atoms with Crippen molar-refractivity contribution in [2.45, 2.75) is 31.6 Å². The van der Waals surface area contributed by atoms with Gasteiger partial charge in [-0.3, -0.25) is 9.52 Å². The van der Waals surface area contributed by atoms with Gasteiger partial charge < -0.3 is 4.90 Å². The number of hydrogen-bond donors (Lipinski definition) is 1. The van der Waals surface area contributed by atoms with E-state index in [2.05, 4.69) is 11.6 Å². The number of sulfonamides is 1. The molecule has 0 aliphatic rings. The number of unbranched alkanes of at least 4 members (excludes halogenated alkanes) is 1. The van der Waals surface area contributed by atoms with Crippen LogP contribution in [0.25, 0.3) is 0 Å². The molecule has 0 heterocycles. The molecule has 25 heavy (non-hydrogen) atoms. The average Bonchev–Trinajstić information content (AvgIpc) is 2.58. The first-order valence-corrected chi connectivity index (χ1v) is 9.77. The molecule has 0 saturated carbocycles. The molecule has 2 rings (SSSR count). The van der Waals surface area contributed by atoms with Crippen molar-refractivity contribution in [3.8, 4) is 0 Å². The molecule has 5 nitrogen and oxygen atoms in total. The highest BCUT2D eigenvalue weighted by Crippen LogP contribution is 2.18. The third kappa shape index (κ3) is 5.06. The summed E-state index contributed by atoms with van der Waals surface area (Å²) in [5.74, 6) is -0.107. The first-order valence-electron chi connectivity index (χ1n) is 8.28. The van der Waals surface area contributed by atoms with Crippen LogP contribution in [0.2, 0.25) is 0 Å². The minimum Gasteiger partial charge on any atom is -0.342 e. The van der Waals surface area contributed by atoms with E-state index in [0.717, 1.165) is 18.4 Å². The van der Waals surface area contributed by atoms with Crippen LogP contribution in [0.3, 0.4) is 0 Å². The molecule has 1 amide bonds. The average molecular weight is 360 g/mol. The van der Waals surface area contributed by atoms with Crippen LogP contribution in [0.4, 0.5) is 5.69 Å². The maximum absolute atomic E-state index is 12.5. The van der Waals surface area contributed by atoms with Crippen LogP contribution in [-0.4, -0.2) is 32.8 Å². The first-order chi connectivity index (χ1) is 11.8. The van der Waals surface area contributed by atoms with Gasteiger partial charge in [0.2, 0.25) is 0 Å². The van der Waals surface area contributed by atoms with Crippen LogP contribution in [0.15, 0.2) is 53.4 Å². The monoisotopic (exact) mass is 360 g/mol. The third-order valence-electron chi connectivity index (χ3n) is 3.88. The Kier molecular flexibility index (Phi) is 6.20. The highest BCUT2D eigenvalue weighted by Gasteiger charge is 2.16. The fourth-order valence-corrected chi connectivity index (χ4v) is 3.47. The number of anilines is 1. The van der Waals surface area contributed by atoms with Gasteiger partial charge in [-0.2, -0.15) is 0 Å². The van der Waals surface area contributed by atoms with Crippen molar-refractivity contribution in [3.05, 3.63) is 59.7 Å². The SMILES string of the molecule is CCCCN(C)C(=O)c1ccc(S(=O)(=O)Nc2cccc(C)c2)cc1. The number of amides is 1. The number of aryl methyl sites for hydroxylation is 1. The zero-order valence-electron chi connectivity index (χ0n) is 14.8. The normalized spacial score (nSPS) is 11.2. The summed E-state index contributed by atoms with van der Waals surface area (Å²) in [4.78, 5) is 14.1. The van der Waals surface area contributed by atoms with E-state index in [4.69, 9.17) is 0 Å². The molecule has 0 bridgehead atoms. The molecule has 0 unspecified atom stereocenters. The van der Waals surface area contributed by atoms with Gasteiger partial charge in [-0.05, 0) is 55.3 Å². The summed E-state index contributed by atoms with van der Waals surface area (Å²) in [5, 5.41) is 0. The van der Waals surface area contributed by atoms with Crippen molar-refractivity contribution in [1.29, 1.82) is 0 Å². The van der Waals surface area contributed by atoms with Crippen molar-refractivity contribution >= 4 is 21.6 Å². The van der Waals surface area contributed by atoms with Gasteiger partial charge >= 0.3 is 0 Å². The second kappa shape index (κ2) is 8.16. The zero-order chi connectivity index (χ0) is 18.4. The van der Waals surface area contributed by atoms with Crippen molar-refractivity contribution in [2.75, 3.05) is 18.3 Å². The molecule has 0 spiro atoms. The van der Waals surface area contributed by atoms with Crippen LogP contribution in [-0.2, 0) is 10.0 Å². The fraction of sp³-hybridized carbons (Fsp3) is 0.316. The molecule has 0 aromatic heterocycles. The van der Waals surface area contributed by atoms with Crippen molar-refractivity contribution in [3.63, 3.8) is 0 Å². The molecular weight excluding hydrogens is 336 g/mol. The van der Waals surface area contributed by atoms with Gasteiger partial charge in [-0.15, -0.1) is 0 Å². The summed E-state index contributed by atoms with van der Waals surface area (Å²) >= 11 is 0. The largest absolute Gasteiger partial charge is 0.342 e. The second-order valence-corrected chi connectivity index (χ2v) is 7.76. The molecule has 0 saturated heterocycles. The lowest BCUT2D eigenvalue weighted by Crippen LogP contribution is -2.27. The lowest BCUT2D eigenvalue weighted by molar-refractivity contribution is 0.0793. The van der Waals surface area contributed by atoms with Crippen LogP contribution in [0, 0.1) is 6.92 Å². The highest BCUT2D eigenvalue weighted by atomic mass is 32.2. The molecule has 2 aromatic carbocycles. The minimum atomic E-state index is -3.68.